The predicted molar refractivity (Wildman–Crippen MR) is 87.4 cm³/mol. The summed E-state index contributed by atoms with van der Waals surface area (Å²) in [4.78, 5) is 14.2. The first kappa shape index (κ1) is 13.9. The van der Waals surface area contributed by atoms with Crippen molar-refractivity contribution in [2.45, 2.75) is 27.2 Å². The molecule has 1 aliphatic rings. The Bertz CT molecular complexity index is 668. The van der Waals surface area contributed by atoms with E-state index in [2.05, 4.69) is 51.1 Å². The Hall–Kier alpha value is -2.09. The fraction of sp³-hybridized carbons (Fsp3) is 0.316. The van der Waals surface area contributed by atoms with Gasteiger partial charge in [-0.1, -0.05) is 57.2 Å². The van der Waals surface area contributed by atoms with Crippen LogP contribution in [0.5, 0.6) is 0 Å². The van der Waals surface area contributed by atoms with E-state index in [1.165, 1.54) is 11.1 Å². The van der Waals surface area contributed by atoms with E-state index >= 15 is 0 Å². The highest BCUT2D eigenvalue weighted by molar-refractivity contribution is 6.02. The molecule has 0 saturated heterocycles. The Morgan fingerprint density at radius 3 is 2.38 bits per heavy atom. The molecule has 1 aliphatic heterocycles. The first-order valence-corrected chi connectivity index (χ1v) is 7.43. The van der Waals surface area contributed by atoms with Crippen molar-refractivity contribution in [2.24, 2.45) is 5.41 Å². The third kappa shape index (κ3) is 2.85. The second-order valence-corrected chi connectivity index (χ2v) is 6.93. The molecule has 2 aromatic carbocycles. The number of carbonyl (C=O) groups is 1. The van der Waals surface area contributed by atoms with Crippen LogP contribution in [0, 0.1) is 5.41 Å². The predicted octanol–water partition coefficient (Wildman–Crippen LogP) is 4.29. The number of fused-ring (bicyclic) bond motifs is 1. The minimum atomic E-state index is 0.107. The molecule has 2 aromatic rings. The first-order chi connectivity index (χ1) is 9.94. The average molecular weight is 279 g/mol. The lowest BCUT2D eigenvalue weighted by atomic mass is 9.96. The van der Waals surface area contributed by atoms with Gasteiger partial charge in [-0.25, -0.2) is 0 Å². The van der Waals surface area contributed by atoms with Gasteiger partial charge in [0.05, 0.1) is 6.42 Å². The quantitative estimate of drug-likeness (QED) is 0.803. The molecule has 1 amide bonds. The Morgan fingerprint density at radius 2 is 1.71 bits per heavy atom. The number of anilines is 1. The second kappa shape index (κ2) is 5.03. The van der Waals surface area contributed by atoms with E-state index in [1.807, 2.05) is 23.1 Å². The maximum atomic E-state index is 12.3. The lowest BCUT2D eigenvalue weighted by Gasteiger charge is -2.27. The van der Waals surface area contributed by atoms with Gasteiger partial charge in [0, 0.05) is 12.2 Å². The Kier molecular flexibility index (Phi) is 3.32. The Labute approximate surface area is 126 Å². The van der Waals surface area contributed by atoms with Crippen LogP contribution in [0.3, 0.4) is 0 Å². The number of benzene rings is 2. The molecule has 108 valence electrons. The lowest BCUT2D eigenvalue weighted by Crippen LogP contribution is -2.35. The van der Waals surface area contributed by atoms with Crippen LogP contribution in [0.1, 0.15) is 26.3 Å². The summed E-state index contributed by atoms with van der Waals surface area (Å²) in [7, 11) is 0. The van der Waals surface area contributed by atoms with Crippen LogP contribution in [-0.4, -0.2) is 12.5 Å². The molecular weight excluding hydrogens is 258 g/mol. The highest BCUT2D eigenvalue weighted by Gasteiger charge is 2.30. The van der Waals surface area contributed by atoms with E-state index in [-0.39, 0.29) is 11.3 Å². The highest BCUT2D eigenvalue weighted by atomic mass is 16.2. The molecule has 0 fully saturated rings. The van der Waals surface area contributed by atoms with Crippen molar-refractivity contribution in [3.05, 3.63) is 54.1 Å². The van der Waals surface area contributed by atoms with Gasteiger partial charge in [-0.15, -0.1) is 0 Å². The molecule has 2 heteroatoms. The van der Waals surface area contributed by atoms with Crippen LogP contribution in [0.25, 0.3) is 11.1 Å². The van der Waals surface area contributed by atoms with Gasteiger partial charge in [-0.05, 0) is 34.2 Å². The van der Waals surface area contributed by atoms with Crippen LogP contribution in [0.2, 0.25) is 0 Å². The standard InChI is InChI=1S/C19H21NO/c1-19(2,3)13-20-17-10-9-15(11-16(17)12-18(20)21)14-7-5-4-6-8-14/h4-11H,12-13H2,1-3H3. The third-order valence-electron chi connectivity index (χ3n) is 3.75. The fourth-order valence-electron chi connectivity index (χ4n) is 2.84. The maximum absolute atomic E-state index is 12.3. The molecule has 0 atom stereocenters. The van der Waals surface area contributed by atoms with E-state index in [9.17, 15) is 4.79 Å². The minimum Gasteiger partial charge on any atom is -0.311 e. The maximum Gasteiger partial charge on any atom is 0.231 e. The van der Waals surface area contributed by atoms with Gasteiger partial charge in [0.25, 0.3) is 0 Å². The van der Waals surface area contributed by atoms with Crippen LogP contribution in [0.4, 0.5) is 5.69 Å². The molecule has 3 rings (SSSR count). The van der Waals surface area contributed by atoms with Crippen molar-refractivity contribution in [3.8, 4) is 11.1 Å². The molecule has 21 heavy (non-hydrogen) atoms. The smallest absolute Gasteiger partial charge is 0.231 e. The molecule has 0 N–H and O–H groups in total. The summed E-state index contributed by atoms with van der Waals surface area (Å²) in [6.07, 6.45) is 0.520. The van der Waals surface area contributed by atoms with Crippen molar-refractivity contribution >= 4 is 11.6 Å². The number of nitrogens with zero attached hydrogens (tertiary/aromatic N) is 1. The summed E-state index contributed by atoms with van der Waals surface area (Å²) < 4.78 is 0. The van der Waals surface area contributed by atoms with Crippen molar-refractivity contribution in [2.75, 3.05) is 11.4 Å². The van der Waals surface area contributed by atoms with E-state index in [0.717, 1.165) is 17.8 Å². The molecule has 0 aromatic heterocycles. The zero-order chi connectivity index (χ0) is 15.0. The van der Waals surface area contributed by atoms with Crippen molar-refractivity contribution < 1.29 is 4.79 Å². The topological polar surface area (TPSA) is 20.3 Å². The highest BCUT2D eigenvalue weighted by Crippen LogP contribution is 2.34. The van der Waals surface area contributed by atoms with Crippen molar-refractivity contribution in [1.29, 1.82) is 0 Å². The van der Waals surface area contributed by atoms with E-state index < -0.39 is 0 Å². The normalized spacial score (nSPS) is 14.4. The first-order valence-electron chi connectivity index (χ1n) is 7.43. The largest absolute Gasteiger partial charge is 0.311 e. The molecule has 0 aliphatic carbocycles. The summed E-state index contributed by atoms with van der Waals surface area (Å²) in [5.41, 5.74) is 4.71. The number of rotatable bonds is 2. The van der Waals surface area contributed by atoms with Gasteiger partial charge in [0.15, 0.2) is 0 Å². The van der Waals surface area contributed by atoms with Gasteiger partial charge in [0.1, 0.15) is 0 Å². The molecule has 0 bridgehead atoms. The molecule has 0 unspecified atom stereocenters. The number of amides is 1. The minimum absolute atomic E-state index is 0.107. The second-order valence-electron chi connectivity index (χ2n) is 6.93. The summed E-state index contributed by atoms with van der Waals surface area (Å²) >= 11 is 0. The zero-order valence-electron chi connectivity index (χ0n) is 12.9. The number of hydrogen-bond acceptors (Lipinski definition) is 1. The summed E-state index contributed by atoms with van der Waals surface area (Å²) in [5, 5.41) is 0. The van der Waals surface area contributed by atoms with E-state index in [4.69, 9.17) is 0 Å². The van der Waals surface area contributed by atoms with Crippen LogP contribution < -0.4 is 4.90 Å². The van der Waals surface area contributed by atoms with Gasteiger partial charge in [0.2, 0.25) is 5.91 Å². The van der Waals surface area contributed by atoms with Gasteiger partial charge >= 0.3 is 0 Å². The summed E-state index contributed by atoms with van der Waals surface area (Å²) in [6, 6.07) is 16.7. The molecule has 1 heterocycles. The molecule has 2 nitrogen and oxygen atoms in total. The molecule has 0 radical (unpaired) electrons. The molecule has 0 saturated carbocycles. The molecular formula is C19H21NO. The monoisotopic (exact) mass is 279 g/mol. The lowest BCUT2D eigenvalue weighted by molar-refractivity contribution is -0.117. The number of carbonyl (C=O) groups excluding carboxylic acids is 1. The van der Waals surface area contributed by atoms with Gasteiger partial charge in [-0.2, -0.15) is 0 Å². The van der Waals surface area contributed by atoms with Crippen LogP contribution in [-0.2, 0) is 11.2 Å². The zero-order valence-corrected chi connectivity index (χ0v) is 12.9. The van der Waals surface area contributed by atoms with Crippen molar-refractivity contribution in [1.82, 2.24) is 0 Å². The summed E-state index contributed by atoms with van der Waals surface area (Å²) in [5.74, 6) is 0.213. The SMILES string of the molecule is CC(C)(C)CN1C(=O)Cc2cc(-c3ccccc3)ccc21. The van der Waals surface area contributed by atoms with Gasteiger partial charge in [-0.3, -0.25) is 4.79 Å². The number of hydrogen-bond donors (Lipinski definition) is 0. The van der Waals surface area contributed by atoms with E-state index in [1.54, 1.807) is 0 Å². The third-order valence-corrected chi connectivity index (χ3v) is 3.75. The molecule has 0 spiro atoms. The van der Waals surface area contributed by atoms with Gasteiger partial charge < -0.3 is 4.90 Å². The van der Waals surface area contributed by atoms with Crippen LogP contribution >= 0.6 is 0 Å². The van der Waals surface area contributed by atoms with Crippen molar-refractivity contribution in [3.63, 3.8) is 0 Å². The average Bonchev–Trinajstić information content (AvgIpc) is 2.74. The summed E-state index contributed by atoms with van der Waals surface area (Å²) in [6.45, 7) is 7.26. The van der Waals surface area contributed by atoms with Crippen LogP contribution in [0.15, 0.2) is 48.5 Å². The Balaban J connectivity index is 1.95. The van der Waals surface area contributed by atoms with E-state index in [0.29, 0.717) is 6.42 Å². The fourth-order valence-corrected chi connectivity index (χ4v) is 2.84. The Morgan fingerprint density at radius 1 is 1.00 bits per heavy atom.